The van der Waals surface area contributed by atoms with Gasteiger partial charge >= 0.3 is 0 Å². The Labute approximate surface area is 188 Å². The molecule has 2 aliphatic heterocycles. The van der Waals surface area contributed by atoms with Gasteiger partial charge in [0.2, 0.25) is 0 Å². The Morgan fingerprint density at radius 1 is 1.16 bits per heavy atom. The number of piperidine rings is 2. The molecule has 4 rings (SSSR count). The quantitative estimate of drug-likeness (QED) is 0.739. The van der Waals surface area contributed by atoms with Gasteiger partial charge in [-0.05, 0) is 50.3 Å². The predicted octanol–water partition coefficient (Wildman–Crippen LogP) is 3.11. The average Bonchev–Trinajstić information content (AvgIpc) is 2.79. The van der Waals surface area contributed by atoms with Crippen LogP contribution in [-0.2, 0) is 6.54 Å². The van der Waals surface area contributed by atoms with Gasteiger partial charge in [0, 0.05) is 49.4 Å². The van der Waals surface area contributed by atoms with Gasteiger partial charge in [-0.3, -0.25) is 4.79 Å². The highest BCUT2D eigenvalue weighted by Crippen LogP contribution is 2.23. The molecule has 8 heteroatoms. The van der Waals surface area contributed by atoms with Crippen LogP contribution in [0, 0.1) is 6.92 Å². The molecule has 1 aromatic heterocycles. The van der Waals surface area contributed by atoms with Crippen molar-refractivity contribution in [3.05, 3.63) is 52.4 Å². The van der Waals surface area contributed by atoms with Crippen LogP contribution in [0.1, 0.15) is 47.3 Å². The number of rotatable bonds is 5. The number of nitrogens with one attached hydrogen (secondary N) is 1. The lowest BCUT2D eigenvalue weighted by Gasteiger charge is -2.41. The second-order valence-corrected chi connectivity index (χ2v) is 8.91. The van der Waals surface area contributed by atoms with Gasteiger partial charge in [0.25, 0.3) is 5.91 Å². The second kappa shape index (κ2) is 9.94. The number of carbonyl (C=O) groups excluding carboxylic acids is 1. The average molecular weight is 444 g/mol. The molecule has 0 radical (unpaired) electrons. The molecule has 0 aliphatic carbocycles. The summed E-state index contributed by atoms with van der Waals surface area (Å²) in [5.74, 6) is 0.637. The minimum atomic E-state index is -0.152. The van der Waals surface area contributed by atoms with Crippen LogP contribution >= 0.6 is 11.6 Å². The number of anilines is 1. The first-order valence-corrected chi connectivity index (χ1v) is 11.4. The molecule has 0 atom stereocenters. The van der Waals surface area contributed by atoms with E-state index in [0.29, 0.717) is 29.1 Å². The van der Waals surface area contributed by atoms with E-state index in [1.165, 1.54) is 6.33 Å². The zero-order valence-electron chi connectivity index (χ0n) is 17.9. The maximum absolute atomic E-state index is 13.2. The van der Waals surface area contributed by atoms with Gasteiger partial charge in [0.15, 0.2) is 0 Å². The number of hydrogen-bond donors (Lipinski definition) is 2. The van der Waals surface area contributed by atoms with E-state index < -0.39 is 0 Å². The summed E-state index contributed by atoms with van der Waals surface area (Å²) in [6, 6.07) is 8.16. The van der Waals surface area contributed by atoms with Gasteiger partial charge in [-0.1, -0.05) is 23.7 Å². The number of carbonyl (C=O) groups is 1. The monoisotopic (exact) mass is 443 g/mol. The van der Waals surface area contributed by atoms with Crippen molar-refractivity contribution in [2.45, 2.75) is 51.3 Å². The Balaban J connectivity index is 1.36. The van der Waals surface area contributed by atoms with Crippen molar-refractivity contribution in [1.29, 1.82) is 0 Å². The van der Waals surface area contributed by atoms with Crippen molar-refractivity contribution in [1.82, 2.24) is 19.8 Å². The highest BCUT2D eigenvalue weighted by Gasteiger charge is 2.30. The van der Waals surface area contributed by atoms with E-state index in [4.69, 9.17) is 11.6 Å². The van der Waals surface area contributed by atoms with Crippen LogP contribution in [-0.4, -0.2) is 69.1 Å². The molecule has 2 aliphatic rings. The summed E-state index contributed by atoms with van der Waals surface area (Å²) < 4.78 is 0. The normalized spacial score (nSPS) is 18.9. The van der Waals surface area contributed by atoms with Gasteiger partial charge in [0.05, 0.1) is 6.10 Å². The van der Waals surface area contributed by atoms with E-state index in [9.17, 15) is 9.90 Å². The number of hydrogen-bond acceptors (Lipinski definition) is 6. The Morgan fingerprint density at radius 2 is 1.90 bits per heavy atom. The van der Waals surface area contributed by atoms with Crippen LogP contribution in [0.25, 0.3) is 0 Å². The third kappa shape index (κ3) is 5.34. The predicted molar refractivity (Wildman–Crippen MR) is 121 cm³/mol. The number of likely N-dealkylation sites (tertiary alicyclic amines) is 2. The Morgan fingerprint density at radius 3 is 2.61 bits per heavy atom. The molecule has 0 unspecified atom stereocenters. The number of amides is 1. The number of aliphatic hydroxyl groups is 1. The fraction of sp³-hybridized carbons (Fsp3) is 0.522. The van der Waals surface area contributed by atoms with E-state index in [1.807, 2.05) is 36.1 Å². The van der Waals surface area contributed by atoms with Crippen molar-refractivity contribution in [3.8, 4) is 0 Å². The molecule has 166 valence electrons. The van der Waals surface area contributed by atoms with Crippen molar-refractivity contribution >= 4 is 23.3 Å². The number of aliphatic hydroxyl groups excluding tert-OH is 1. The maximum atomic E-state index is 13.2. The molecule has 2 fully saturated rings. The summed E-state index contributed by atoms with van der Waals surface area (Å²) in [4.78, 5) is 26.2. The molecule has 31 heavy (non-hydrogen) atoms. The lowest BCUT2D eigenvalue weighted by Crippen LogP contribution is -2.49. The SMILES string of the molecule is Cc1c(NCc2cccc(Cl)c2)ncnc1C(=O)N1CCC(N2CCC(O)CC2)CC1. The molecule has 0 saturated carbocycles. The molecule has 1 amide bonds. The smallest absolute Gasteiger partial charge is 0.272 e. The molecule has 0 bridgehead atoms. The second-order valence-electron chi connectivity index (χ2n) is 8.47. The lowest BCUT2D eigenvalue weighted by molar-refractivity contribution is 0.0355. The van der Waals surface area contributed by atoms with Crippen molar-refractivity contribution in [2.24, 2.45) is 0 Å². The first kappa shape index (κ1) is 22.0. The fourth-order valence-corrected chi connectivity index (χ4v) is 4.72. The van der Waals surface area contributed by atoms with Gasteiger partial charge in [-0.25, -0.2) is 9.97 Å². The lowest BCUT2D eigenvalue weighted by atomic mass is 9.98. The van der Waals surface area contributed by atoms with Gasteiger partial charge in [-0.15, -0.1) is 0 Å². The third-order valence-corrected chi connectivity index (χ3v) is 6.64. The molecule has 1 aromatic carbocycles. The number of halogens is 1. The summed E-state index contributed by atoms with van der Waals surface area (Å²) in [5, 5.41) is 13.7. The highest BCUT2D eigenvalue weighted by atomic mass is 35.5. The van der Waals surface area contributed by atoms with E-state index >= 15 is 0 Å². The topological polar surface area (TPSA) is 81.6 Å². The van der Waals surface area contributed by atoms with Crippen molar-refractivity contribution in [3.63, 3.8) is 0 Å². The summed E-state index contributed by atoms with van der Waals surface area (Å²) >= 11 is 6.06. The number of benzene rings is 1. The summed E-state index contributed by atoms with van der Waals surface area (Å²) in [5.41, 5.74) is 2.27. The van der Waals surface area contributed by atoms with E-state index in [0.717, 1.165) is 63.0 Å². The molecular formula is C23H30ClN5O2. The minimum Gasteiger partial charge on any atom is -0.393 e. The minimum absolute atomic E-state index is 0.0294. The Hall–Kier alpha value is -2.22. The van der Waals surface area contributed by atoms with Crippen molar-refractivity contribution < 1.29 is 9.90 Å². The van der Waals surface area contributed by atoms with Crippen LogP contribution in [0.4, 0.5) is 5.82 Å². The zero-order valence-corrected chi connectivity index (χ0v) is 18.7. The van der Waals surface area contributed by atoms with Gasteiger partial charge in [0.1, 0.15) is 17.8 Å². The molecule has 2 saturated heterocycles. The highest BCUT2D eigenvalue weighted by molar-refractivity contribution is 6.30. The van der Waals surface area contributed by atoms with Crippen molar-refractivity contribution in [2.75, 3.05) is 31.5 Å². The van der Waals surface area contributed by atoms with Crippen LogP contribution < -0.4 is 5.32 Å². The van der Waals surface area contributed by atoms with E-state index in [-0.39, 0.29) is 12.0 Å². The molecule has 3 heterocycles. The van der Waals surface area contributed by atoms with Gasteiger partial charge < -0.3 is 20.2 Å². The largest absolute Gasteiger partial charge is 0.393 e. The number of aromatic nitrogens is 2. The molecule has 7 nitrogen and oxygen atoms in total. The zero-order chi connectivity index (χ0) is 21.8. The standard InChI is InChI=1S/C23H30ClN5O2/c1-16-21(26-15-27-22(16)25-14-17-3-2-4-18(24)13-17)23(31)29-9-5-19(6-10-29)28-11-7-20(30)8-12-28/h2-4,13,15,19-20,30H,5-12,14H2,1H3,(H,25,26,27). The summed E-state index contributed by atoms with van der Waals surface area (Å²) in [7, 11) is 0. The summed E-state index contributed by atoms with van der Waals surface area (Å²) in [6.45, 7) is 5.83. The molecule has 2 N–H and O–H groups in total. The molecule has 2 aromatic rings. The summed E-state index contributed by atoms with van der Waals surface area (Å²) in [6.07, 6.45) is 4.93. The van der Waals surface area contributed by atoms with Gasteiger partial charge in [-0.2, -0.15) is 0 Å². The van der Waals surface area contributed by atoms with Crippen LogP contribution in [0.5, 0.6) is 0 Å². The Kier molecular flexibility index (Phi) is 7.05. The van der Waals surface area contributed by atoms with Crippen LogP contribution in [0.2, 0.25) is 5.02 Å². The first-order valence-electron chi connectivity index (χ1n) is 11.0. The number of nitrogens with zero attached hydrogens (tertiary/aromatic N) is 4. The van der Waals surface area contributed by atoms with E-state index in [1.54, 1.807) is 0 Å². The van der Waals surface area contributed by atoms with E-state index in [2.05, 4.69) is 20.2 Å². The Bertz CT molecular complexity index is 909. The first-order chi connectivity index (χ1) is 15.0. The fourth-order valence-electron chi connectivity index (χ4n) is 4.51. The van der Waals surface area contributed by atoms with Crippen LogP contribution in [0.3, 0.4) is 0 Å². The third-order valence-electron chi connectivity index (χ3n) is 6.40. The molecular weight excluding hydrogens is 414 g/mol. The maximum Gasteiger partial charge on any atom is 0.272 e. The molecule has 0 spiro atoms. The van der Waals surface area contributed by atoms with Crippen LogP contribution in [0.15, 0.2) is 30.6 Å².